The van der Waals surface area contributed by atoms with Crippen molar-refractivity contribution in [3.63, 3.8) is 0 Å². The fraction of sp³-hybridized carbons (Fsp3) is 0.400. The molecule has 0 radical (unpaired) electrons. The van der Waals surface area contributed by atoms with E-state index in [4.69, 9.17) is 0 Å². The van der Waals surface area contributed by atoms with Crippen LogP contribution in [0.4, 0.5) is 5.69 Å². The summed E-state index contributed by atoms with van der Waals surface area (Å²) in [5.41, 5.74) is 1.97. The predicted octanol–water partition coefficient (Wildman–Crippen LogP) is 3.02. The first-order chi connectivity index (χ1) is 13.5. The lowest BCUT2D eigenvalue weighted by atomic mass is 10.1. The highest BCUT2D eigenvalue weighted by molar-refractivity contribution is 9.11. The molecule has 1 fully saturated rings. The van der Waals surface area contributed by atoms with E-state index < -0.39 is 0 Å². The number of thiophene rings is 1. The Hall–Kier alpha value is -1.74. The number of halogens is 1. The van der Waals surface area contributed by atoms with Gasteiger partial charge in [-0.1, -0.05) is 19.1 Å². The van der Waals surface area contributed by atoms with Crippen LogP contribution in [0, 0.1) is 0 Å². The van der Waals surface area contributed by atoms with E-state index in [9.17, 15) is 9.59 Å². The van der Waals surface area contributed by atoms with Crippen LogP contribution >= 0.6 is 27.3 Å². The van der Waals surface area contributed by atoms with Crippen LogP contribution in [0.2, 0.25) is 0 Å². The largest absolute Gasteiger partial charge is 0.342 e. The first kappa shape index (κ1) is 21.0. The lowest BCUT2D eigenvalue weighted by Crippen LogP contribution is -2.45. The normalized spacial score (nSPS) is 15.4. The van der Waals surface area contributed by atoms with Gasteiger partial charge in [0.05, 0.1) is 15.2 Å². The number of anilines is 1. The topological polar surface area (TPSA) is 64.7 Å². The van der Waals surface area contributed by atoms with Gasteiger partial charge < -0.3 is 15.5 Å². The second-order valence-corrected chi connectivity index (χ2v) is 9.20. The van der Waals surface area contributed by atoms with E-state index in [-0.39, 0.29) is 18.4 Å². The Bertz CT molecular complexity index is 801. The lowest BCUT2D eigenvalue weighted by Gasteiger charge is -2.34. The fourth-order valence-corrected chi connectivity index (χ4v) is 4.41. The highest BCUT2D eigenvalue weighted by Crippen LogP contribution is 2.21. The minimum absolute atomic E-state index is 0.0577. The minimum atomic E-state index is -0.246. The Kier molecular flexibility index (Phi) is 7.61. The summed E-state index contributed by atoms with van der Waals surface area (Å²) in [6.07, 6.45) is 0. The van der Waals surface area contributed by atoms with Crippen molar-refractivity contribution in [3.8, 4) is 0 Å². The van der Waals surface area contributed by atoms with Crippen molar-refractivity contribution in [3.05, 3.63) is 50.6 Å². The van der Waals surface area contributed by atoms with E-state index in [2.05, 4.69) is 43.3 Å². The predicted molar refractivity (Wildman–Crippen MR) is 117 cm³/mol. The van der Waals surface area contributed by atoms with Crippen molar-refractivity contribution in [2.45, 2.75) is 13.5 Å². The number of hydrogen-bond donors (Lipinski definition) is 2. The zero-order valence-electron chi connectivity index (χ0n) is 15.9. The SMILES string of the molecule is CCN1CCN(Cc2ccc(NC(=O)CNC(=O)c3ccc(Br)s3)cc2)CC1. The van der Waals surface area contributed by atoms with Gasteiger partial charge in [0.25, 0.3) is 5.91 Å². The molecule has 1 saturated heterocycles. The van der Waals surface area contributed by atoms with Crippen LogP contribution < -0.4 is 10.6 Å². The summed E-state index contributed by atoms with van der Waals surface area (Å²) in [4.78, 5) is 29.5. The first-order valence-electron chi connectivity index (χ1n) is 9.40. The van der Waals surface area contributed by atoms with Crippen molar-refractivity contribution in [2.75, 3.05) is 44.6 Å². The number of rotatable bonds is 7. The van der Waals surface area contributed by atoms with Crippen molar-refractivity contribution in [1.82, 2.24) is 15.1 Å². The molecule has 1 aliphatic heterocycles. The summed E-state index contributed by atoms with van der Waals surface area (Å²) < 4.78 is 0.884. The van der Waals surface area contributed by atoms with Crippen molar-refractivity contribution < 1.29 is 9.59 Å². The van der Waals surface area contributed by atoms with E-state index in [1.54, 1.807) is 6.07 Å². The molecule has 0 unspecified atom stereocenters. The number of benzene rings is 1. The average molecular weight is 465 g/mol. The Morgan fingerprint density at radius 1 is 1.04 bits per heavy atom. The van der Waals surface area contributed by atoms with Crippen LogP contribution in [0.25, 0.3) is 0 Å². The second kappa shape index (κ2) is 10.2. The number of amides is 2. The number of carbonyl (C=O) groups is 2. The van der Waals surface area contributed by atoms with Crippen LogP contribution in [0.3, 0.4) is 0 Å². The van der Waals surface area contributed by atoms with Gasteiger partial charge in [-0.15, -0.1) is 11.3 Å². The third-order valence-electron chi connectivity index (χ3n) is 4.76. The summed E-state index contributed by atoms with van der Waals surface area (Å²) >= 11 is 4.66. The molecular formula is C20H25BrN4O2S. The monoisotopic (exact) mass is 464 g/mol. The Morgan fingerprint density at radius 3 is 2.32 bits per heavy atom. The van der Waals surface area contributed by atoms with Gasteiger partial charge in [0, 0.05) is 38.4 Å². The zero-order valence-corrected chi connectivity index (χ0v) is 18.3. The molecule has 0 bridgehead atoms. The molecule has 6 nitrogen and oxygen atoms in total. The molecule has 0 saturated carbocycles. The minimum Gasteiger partial charge on any atom is -0.342 e. The molecule has 0 spiro atoms. The lowest BCUT2D eigenvalue weighted by molar-refractivity contribution is -0.115. The molecule has 2 N–H and O–H groups in total. The summed E-state index contributed by atoms with van der Waals surface area (Å²) in [6, 6.07) is 11.4. The van der Waals surface area contributed by atoms with Crippen LogP contribution in [0.15, 0.2) is 40.2 Å². The molecule has 0 atom stereocenters. The van der Waals surface area contributed by atoms with Gasteiger partial charge >= 0.3 is 0 Å². The molecule has 28 heavy (non-hydrogen) atoms. The van der Waals surface area contributed by atoms with E-state index in [0.717, 1.165) is 48.7 Å². The smallest absolute Gasteiger partial charge is 0.261 e. The Balaban J connectivity index is 1.42. The zero-order chi connectivity index (χ0) is 19.9. The highest BCUT2D eigenvalue weighted by Gasteiger charge is 2.15. The molecule has 0 aliphatic carbocycles. The maximum Gasteiger partial charge on any atom is 0.261 e. The van der Waals surface area contributed by atoms with Gasteiger partial charge in [0.2, 0.25) is 5.91 Å². The molecule has 1 aromatic heterocycles. The van der Waals surface area contributed by atoms with Gasteiger partial charge in [-0.2, -0.15) is 0 Å². The molecule has 1 aromatic carbocycles. The summed E-state index contributed by atoms with van der Waals surface area (Å²) in [5, 5.41) is 5.45. The Morgan fingerprint density at radius 2 is 1.71 bits per heavy atom. The van der Waals surface area contributed by atoms with Crippen molar-refractivity contribution in [1.29, 1.82) is 0 Å². The Labute approximate surface area is 178 Å². The summed E-state index contributed by atoms with van der Waals surface area (Å²) in [6.45, 7) is 8.62. The standard InChI is InChI=1S/C20H25BrN4O2S/c1-2-24-9-11-25(12-10-24)14-15-3-5-16(6-4-15)23-19(26)13-22-20(27)17-7-8-18(21)28-17/h3-8H,2,9-14H2,1H3,(H,22,27)(H,23,26). The quantitative estimate of drug-likeness (QED) is 0.660. The molecule has 8 heteroatoms. The summed E-state index contributed by atoms with van der Waals surface area (Å²) in [7, 11) is 0. The van der Waals surface area contributed by atoms with Crippen LogP contribution in [0.1, 0.15) is 22.2 Å². The highest BCUT2D eigenvalue weighted by atomic mass is 79.9. The molecule has 1 aliphatic rings. The van der Waals surface area contributed by atoms with Gasteiger partial charge in [-0.25, -0.2) is 0 Å². The first-order valence-corrected chi connectivity index (χ1v) is 11.0. The fourth-order valence-electron chi connectivity index (χ4n) is 3.10. The maximum absolute atomic E-state index is 12.1. The number of nitrogens with zero attached hydrogens (tertiary/aromatic N) is 2. The molecule has 2 amide bonds. The maximum atomic E-state index is 12.1. The third kappa shape index (κ3) is 6.13. The van der Waals surface area contributed by atoms with E-state index in [0.29, 0.717) is 4.88 Å². The second-order valence-electron chi connectivity index (χ2n) is 6.74. The van der Waals surface area contributed by atoms with Crippen LogP contribution in [0.5, 0.6) is 0 Å². The molecule has 3 rings (SSSR count). The van der Waals surface area contributed by atoms with Gasteiger partial charge in [0.15, 0.2) is 0 Å². The third-order valence-corrected chi connectivity index (χ3v) is 6.38. The molecule has 2 heterocycles. The van der Waals surface area contributed by atoms with Crippen LogP contribution in [-0.4, -0.2) is 60.9 Å². The van der Waals surface area contributed by atoms with E-state index in [1.165, 1.54) is 16.9 Å². The van der Waals surface area contributed by atoms with E-state index >= 15 is 0 Å². The summed E-state index contributed by atoms with van der Waals surface area (Å²) in [5.74, 6) is -0.489. The van der Waals surface area contributed by atoms with E-state index in [1.807, 2.05) is 30.3 Å². The number of likely N-dealkylation sites (N-methyl/N-ethyl adjacent to an activating group) is 1. The van der Waals surface area contributed by atoms with Gasteiger partial charge in [0.1, 0.15) is 0 Å². The number of carbonyl (C=O) groups excluding carboxylic acids is 2. The average Bonchev–Trinajstić information content (AvgIpc) is 3.15. The number of nitrogens with one attached hydrogen (secondary N) is 2. The van der Waals surface area contributed by atoms with Crippen molar-refractivity contribution in [2.24, 2.45) is 0 Å². The molecule has 150 valence electrons. The number of hydrogen-bond acceptors (Lipinski definition) is 5. The van der Waals surface area contributed by atoms with Crippen LogP contribution in [-0.2, 0) is 11.3 Å². The molecule has 2 aromatic rings. The number of piperazine rings is 1. The molecular weight excluding hydrogens is 440 g/mol. The van der Waals surface area contributed by atoms with Gasteiger partial charge in [-0.05, 0) is 52.3 Å². The van der Waals surface area contributed by atoms with Gasteiger partial charge in [-0.3, -0.25) is 14.5 Å². The van der Waals surface area contributed by atoms with Crippen molar-refractivity contribution >= 4 is 44.8 Å².